The molecule has 174 valence electrons. The minimum absolute atomic E-state index is 0.0584. The lowest BCUT2D eigenvalue weighted by molar-refractivity contribution is -0.137. The zero-order chi connectivity index (χ0) is 24.0. The zero-order valence-electron chi connectivity index (χ0n) is 18.6. The summed E-state index contributed by atoms with van der Waals surface area (Å²) in [4.78, 5) is 28.6. The molecule has 33 heavy (non-hydrogen) atoms. The third-order valence-corrected chi connectivity index (χ3v) is 8.09. The summed E-state index contributed by atoms with van der Waals surface area (Å²) in [6.45, 7) is 3.83. The molecular weight excluding hydrogens is 460 g/mol. The minimum atomic E-state index is -3.15. The van der Waals surface area contributed by atoms with Crippen LogP contribution in [0.15, 0.2) is 58.3 Å². The van der Waals surface area contributed by atoms with Crippen molar-refractivity contribution in [3.8, 4) is 6.07 Å². The minimum Gasteiger partial charge on any atom is -0.452 e. The third kappa shape index (κ3) is 6.59. The maximum absolute atomic E-state index is 12.9. The van der Waals surface area contributed by atoms with Gasteiger partial charge in [0.1, 0.15) is 6.07 Å². The Morgan fingerprint density at radius 2 is 1.82 bits per heavy atom. The first-order chi connectivity index (χ1) is 15.7. The summed E-state index contributed by atoms with van der Waals surface area (Å²) >= 11 is 1.28. The predicted octanol–water partition coefficient (Wildman–Crippen LogP) is 3.54. The first-order valence-corrected chi connectivity index (χ1v) is 13.3. The molecule has 1 atom stereocenters. The van der Waals surface area contributed by atoms with Gasteiger partial charge in [0.2, 0.25) is 0 Å². The van der Waals surface area contributed by atoms with Gasteiger partial charge in [-0.15, -0.1) is 0 Å². The summed E-state index contributed by atoms with van der Waals surface area (Å²) in [5, 5.41) is 9.32. The van der Waals surface area contributed by atoms with Crippen LogP contribution in [-0.2, 0) is 19.4 Å². The van der Waals surface area contributed by atoms with Crippen molar-refractivity contribution in [1.82, 2.24) is 4.90 Å². The quantitative estimate of drug-likeness (QED) is 0.526. The van der Waals surface area contributed by atoms with Gasteiger partial charge in [0.25, 0.3) is 5.91 Å². The Bertz CT molecular complexity index is 1170. The fraction of sp³-hybridized carbons (Fsp3) is 0.375. The van der Waals surface area contributed by atoms with Crippen LogP contribution in [0.3, 0.4) is 0 Å². The second-order valence-electron chi connectivity index (χ2n) is 8.28. The maximum atomic E-state index is 12.9. The average molecular weight is 487 g/mol. The Hall–Kier alpha value is -2.83. The average Bonchev–Trinajstić information content (AvgIpc) is 3.15. The second-order valence-corrected chi connectivity index (χ2v) is 11.6. The number of esters is 1. The Kier molecular flexibility index (Phi) is 8.16. The van der Waals surface area contributed by atoms with Gasteiger partial charge in [-0.25, -0.2) is 13.2 Å². The number of rotatable bonds is 8. The number of ether oxygens (including phenoxy) is 1. The zero-order valence-corrected chi connectivity index (χ0v) is 20.2. The molecule has 0 unspecified atom stereocenters. The van der Waals surface area contributed by atoms with Crippen LogP contribution in [-0.4, -0.2) is 55.9 Å². The van der Waals surface area contributed by atoms with Gasteiger partial charge in [-0.2, -0.15) is 5.26 Å². The van der Waals surface area contributed by atoms with E-state index in [1.54, 1.807) is 42.5 Å². The molecule has 1 amide bonds. The van der Waals surface area contributed by atoms with Crippen molar-refractivity contribution in [2.24, 2.45) is 5.92 Å². The number of carbonyl (C=O) groups is 2. The lowest BCUT2D eigenvalue weighted by Gasteiger charge is -2.29. The molecule has 0 spiro atoms. The Labute approximate surface area is 198 Å². The molecule has 1 saturated heterocycles. The van der Waals surface area contributed by atoms with Crippen molar-refractivity contribution in [1.29, 1.82) is 5.26 Å². The molecule has 1 aliphatic rings. The molecule has 0 aliphatic carbocycles. The summed E-state index contributed by atoms with van der Waals surface area (Å²) in [6, 6.07) is 15.7. The molecule has 0 N–H and O–H groups in total. The van der Waals surface area contributed by atoms with Crippen molar-refractivity contribution < 1.29 is 22.7 Å². The number of nitriles is 1. The molecule has 0 saturated carbocycles. The lowest BCUT2D eigenvalue weighted by atomic mass is 10.1. The second kappa shape index (κ2) is 10.9. The molecule has 1 aliphatic heterocycles. The van der Waals surface area contributed by atoms with Crippen LogP contribution in [0.25, 0.3) is 0 Å². The molecular formula is C24H26N2O5S2. The molecule has 0 aromatic heterocycles. The highest BCUT2D eigenvalue weighted by Crippen LogP contribution is 2.33. The summed E-state index contributed by atoms with van der Waals surface area (Å²) in [6.07, 6.45) is 0.395. The van der Waals surface area contributed by atoms with E-state index in [1.807, 2.05) is 19.9 Å². The van der Waals surface area contributed by atoms with Crippen LogP contribution in [0.2, 0.25) is 0 Å². The van der Waals surface area contributed by atoms with Gasteiger partial charge in [-0.3, -0.25) is 4.79 Å². The van der Waals surface area contributed by atoms with Gasteiger partial charge in [0.15, 0.2) is 16.4 Å². The van der Waals surface area contributed by atoms with Gasteiger partial charge in [0, 0.05) is 22.4 Å². The van der Waals surface area contributed by atoms with Crippen molar-refractivity contribution in [3.05, 3.63) is 59.7 Å². The van der Waals surface area contributed by atoms with Crippen molar-refractivity contribution in [2.75, 3.05) is 24.7 Å². The van der Waals surface area contributed by atoms with Gasteiger partial charge in [-0.05, 0) is 36.6 Å². The number of nitrogens with zero attached hydrogens (tertiary/aromatic N) is 2. The van der Waals surface area contributed by atoms with E-state index in [2.05, 4.69) is 6.07 Å². The Morgan fingerprint density at radius 1 is 1.15 bits per heavy atom. The maximum Gasteiger partial charge on any atom is 0.339 e. The smallest absolute Gasteiger partial charge is 0.339 e. The molecule has 9 heteroatoms. The first-order valence-electron chi connectivity index (χ1n) is 10.6. The highest BCUT2D eigenvalue weighted by atomic mass is 32.2. The molecule has 0 bridgehead atoms. The first kappa shape index (κ1) is 24.8. The number of amides is 1. The molecule has 7 nitrogen and oxygen atoms in total. The van der Waals surface area contributed by atoms with E-state index in [0.29, 0.717) is 33.9 Å². The van der Waals surface area contributed by atoms with E-state index in [4.69, 9.17) is 4.74 Å². The van der Waals surface area contributed by atoms with Crippen molar-refractivity contribution >= 4 is 33.5 Å². The standard InChI is InChI=1S/C24H26N2O5S2/c1-17(2)14-26(19-11-12-33(29,30)16-19)23(27)15-31-24(28)20-8-4-6-10-22(20)32-21-9-5-3-7-18(21)13-25/h3-10,17,19H,11-12,14-16H2,1-2H3/t19-/m1/s1. The van der Waals surface area contributed by atoms with Crippen molar-refractivity contribution in [3.63, 3.8) is 0 Å². The Balaban J connectivity index is 1.71. The molecule has 2 aromatic rings. The molecule has 3 rings (SSSR count). The number of hydrogen-bond donors (Lipinski definition) is 0. The fourth-order valence-electron chi connectivity index (χ4n) is 3.65. The summed E-state index contributed by atoms with van der Waals surface area (Å²) in [7, 11) is -3.15. The van der Waals surface area contributed by atoms with Crippen LogP contribution in [0, 0.1) is 17.2 Å². The van der Waals surface area contributed by atoms with Gasteiger partial charge < -0.3 is 9.64 Å². The van der Waals surface area contributed by atoms with Gasteiger partial charge in [0.05, 0.1) is 22.6 Å². The van der Waals surface area contributed by atoms with Crippen LogP contribution >= 0.6 is 11.8 Å². The predicted molar refractivity (Wildman–Crippen MR) is 126 cm³/mol. The van der Waals surface area contributed by atoms with E-state index in [0.717, 1.165) is 0 Å². The van der Waals surface area contributed by atoms with Crippen LogP contribution < -0.4 is 0 Å². The lowest BCUT2D eigenvalue weighted by Crippen LogP contribution is -2.45. The third-order valence-electron chi connectivity index (χ3n) is 5.19. The van der Waals surface area contributed by atoms with Crippen LogP contribution in [0.4, 0.5) is 0 Å². The van der Waals surface area contributed by atoms with E-state index in [1.165, 1.54) is 16.7 Å². The van der Waals surface area contributed by atoms with E-state index in [9.17, 15) is 23.3 Å². The van der Waals surface area contributed by atoms with Gasteiger partial charge in [-0.1, -0.05) is 49.9 Å². The van der Waals surface area contributed by atoms with E-state index in [-0.39, 0.29) is 17.4 Å². The summed E-state index contributed by atoms with van der Waals surface area (Å²) in [5.74, 6) is -0.903. The topological polar surface area (TPSA) is 105 Å². The molecule has 2 aromatic carbocycles. The highest BCUT2D eigenvalue weighted by molar-refractivity contribution is 7.99. The monoisotopic (exact) mass is 486 g/mol. The molecule has 0 radical (unpaired) electrons. The number of hydrogen-bond acceptors (Lipinski definition) is 7. The van der Waals surface area contributed by atoms with Crippen LogP contribution in [0.5, 0.6) is 0 Å². The highest BCUT2D eigenvalue weighted by Gasteiger charge is 2.35. The van der Waals surface area contributed by atoms with E-state index >= 15 is 0 Å². The normalized spacial score (nSPS) is 16.8. The fourth-order valence-corrected chi connectivity index (χ4v) is 6.39. The SMILES string of the molecule is CC(C)CN(C(=O)COC(=O)c1ccccc1Sc1ccccc1C#N)[C@@H]1CCS(=O)(=O)C1. The Morgan fingerprint density at radius 3 is 2.45 bits per heavy atom. The molecule has 1 fully saturated rings. The summed E-state index contributed by atoms with van der Waals surface area (Å²) in [5.41, 5.74) is 0.790. The van der Waals surface area contributed by atoms with Gasteiger partial charge >= 0.3 is 5.97 Å². The van der Waals surface area contributed by atoms with Crippen LogP contribution in [0.1, 0.15) is 36.2 Å². The number of benzene rings is 2. The molecule has 1 heterocycles. The number of sulfone groups is 1. The largest absolute Gasteiger partial charge is 0.452 e. The van der Waals surface area contributed by atoms with Crippen molar-refractivity contribution in [2.45, 2.75) is 36.1 Å². The van der Waals surface area contributed by atoms with E-state index < -0.39 is 34.4 Å². The summed E-state index contributed by atoms with van der Waals surface area (Å²) < 4.78 is 29.1. The number of carbonyl (C=O) groups excluding carboxylic acids is 2.